The maximum Gasteiger partial charge on any atom is 0.416 e. The minimum absolute atomic E-state index is 0.00608. The summed E-state index contributed by atoms with van der Waals surface area (Å²) in [5, 5.41) is 12.1. The van der Waals surface area contributed by atoms with E-state index in [0.29, 0.717) is 4.90 Å². The van der Waals surface area contributed by atoms with Crippen LogP contribution in [0.4, 0.5) is 13.2 Å². The summed E-state index contributed by atoms with van der Waals surface area (Å²) >= 11 is 1.03. The molecule has 0 aliphatic carbocycles. The zero-order valence-electron chi connectivity index (χ0n) is 11.8. The number of thioether (sulfide) groups is 1. The molecule has 1 atom stereocenters. The Bertz CT molecular complexity index is 478. The van der Waals surface area contributed by atoms with Gasteiger partial charge in [0.1, 0.15) is 0 Å². The molecule has 21 heavy (non-hydrogen) atoms. The molecule has 1 aromatic rings. The van der Waals surface area contributed by atoms with Crippen LogP contribution in [-0.2, 0) is 11.0 Å². The third-order valence-corrected chi connectivity index (χ3v) is 3.80. The molecule has 2 N–H and O–H groups in total. The van der Waals surface area contributed by atoms with Crippen LogP contribution in [0.5, 0.6) is 0 Å². The van der Waals surface area contributed by atoms with Gasteiger partial charge in [-0.1, -0.05) is 19.9 Å². The van der Waals surface area contributed by atoms with Crippen molar-refractivity contribution < 1.29 is 23.1 Å². The molecule has 0 fully saturated rings. The number of carbonyl (C=O) groups is 1. The first kappa shape index (κ1) is 17.8. The lowest BCUT2D eigenvalue weighted by Crippen LogP contribution is -2.35. The maximum absolute atomic E-state index is 12.5. The first-order valence-electron chi connectivity index (χ1n) is 6.45. The summed E-state index contributed by atoms with van der Waals surface area (Å²) in [6.45, 7) is 3.79. The molecule has 0 bridgehead atoms. The number of rotatable bonds is 6. The van der Waals surface area contributed by atoms with E-state index < -0.39 is 17.8 Å². The smallest absolute Gasteiger partial charge is 0.391 e. The number of halogens is 3. The van der Waals surface area contributed by atoms with Crippen LogP contribution in [0.15, 0.2) is 29.2 Å². The van der Waals surface area contributed by atoms with Crippen LogP contribution in [0.2, 0.25) is 0 Å². The number of aliphatic hydroxyl groups excluding tert-OH is 1. The molecule has 0 aliphatic rings. The monoisotopic (exact) mass is 321 g/mol. The number of hydrogen-bond acceptors (Lipinski definition) is 3. The first-order chi connectivity index (χ1) is 9.70. The van der Waals surface area contributed by atoms with Gasteiger partial charge in [-0.2, -0.15) is 13.2 Å². The summed E-state index contributed by atoms with van der Waals surface area (Å²) in [6.07, 6.45) is -5.02. The van der Waals surface area contributed by atoms with Crippen molar-refractivity contribution in [2.45, 2.75) is 31.0 Å². The average Bonchev–Trinajstić information content (AvgIpc) is 2.41. The molecular weight excluding hydrogens is 303 g/mol. The zero-order chi connectivity index (χ0) is 16.0. The van der Waals surface area contributed by atoms with E-state index in [-0.39, 0.29) is 24.1 Å². The minimum Gasteiger partial charge on any atom is -0.391 e. The van der Waals surface area contributed by atoms with E-state index in [9.17, 15) is 23.1 Å². The lowest BCUT2D eigenvalue weighted by atomic mass is 10.1. The highest BCUT2D eigenvalue weighted by Gasteiger charge is 2.30. The van der Waals surface area contributed by atoms with Crippen LogP contribution in [0, 0.1) is 5.92 Å². The fourth-order valence-corrected chi connectivity index (χ4v) is 2.20. The molecule has 0 saturated heterocycles. The Morgan fingerprint density at radius 1 is 1.38 bits per heavy atom. The molecule has 1 amide bonds. The van der Waals surface area contributed by atoms with Crippen LogP contribution in [0.25, 0.3) is 0 Å². The van der Waals surface area contributed by atoms with Crippen molar-refractivity contribution in [2.24, 2.45) is 5.92 Å². The second-order valence-corrected chi connectivity index (χ2v) is 5.98. The maximum atomic E-state index is 12.5. The van der Waals surface area contributed by atoms with Crippen molar-refractivity contribution in [1.82, 2.24) is 5.32 Å². The van der Waals surface area contributed by atoms with Gasteiger partial charge in [0.2, 0.25) is 5.91 Å². The molecule has 0 spiro atoms. The van der Waals surface area contributed by atoms with Gasteiger partial charge in [-0.15, -0.1) is 11.8 Å². The Morgan fingerprint density at radius 3 is 2.62 bits per heavy atom. The highest BCUT2D eigenvalue weighted by Crippen LogP contribution is 2.31. The molecule has 7 heteroatoms. The Labute approximate surface area is 125 Å². The van der Waals surface area contributed by atoms with Gasteiger partial charge in [-0.05, 0) is 24.1 Å². The molecule has 0 radical (unpaired) electrons. The number of nitrogens with one attached hydrogen (secondary N) is 1. The van der Waals surface area contributed by atoms with Gasteiger partial charge in [0.15, 0.2) is 0 Å². The standard InChI is InChI=1S/C14H18F3NO2S/c1-9(2)12(19)7-18-13(20)8-21-11-5-3-4-10(6-11)14(15,16)17/h3-6,9,12,19H,7-8H2,1-2H3,(H,18,20). The van der Waals surface area contributed by atoms with Crippen LogP contribution >= 0.6 is 11.8 Å². The molecule has 0 heterocycles. The van der Waals surface area contributed by atoms with E-state index >= 15 is 0 Å². The molecule has 1 unspecified atom stereocenters. The van der Waals surface area contributed by atoms with E-state index in [1.165, 1.54) is 12.1 Å². The molecule has 0 aromatic heterocycles. The normalized spacial score (nSPS) is 13.3. The van der Waals surface area contributed by atoms with Crippen molar-refractivity contribution in [3.63, 3.8) is 0 Å². The molecular formula is C14H18F3NO2S. The number of carbonyl (C=O) groups excluding carboxylic acids is 1. The van der Waals surface area contributed by atoms with Crippen molar-refractivity contribution >= 4 is 17.7 Å². The van der Waals surface area contributed by atoms with Crippen molar-refractivity contribution in [3.05, 3.63) is 29.8 Å². The van der Waals surface area contributed by atoms with Gasteiger partial charge in [0.25, 0.3) is 0 Å². The first-order valence-corrected chi connectivity index (χ1v) is 7.43. The highest BCUT2D eigenvalue weighted by atomic mass is 32.2. The van der Waals surface area contributed by atoms with Crippen molar-refractivity contribution in [2.75, 3.05) is 12.3 Å². The summed E-state index contributed by atoms with van der Waals surface area (Å²) in [7, 11) is 0. The molecule has 1 rings (SSSR count). The predicted molar refractivity (Wildman–Crippen MR) is 76.0 cm³/mol. The van der Waals surface area contributed by atoms with Gasteiger partial charge in [-0.25, -0.2) is 0 Å². The van der Waals surface area contributed by atoms with Crippen LogP contribution in [-0.4, -0.2) is 29.4 Å². The topological polar surface area (TPSA) is 49.3 Å². The van der Waals surface area contributed by atoms with E-state index in [1.807, 2.05) is 13.8 Å². The molecule has 1 aromatic carbocycles. The summed E-state index contributed by atoms with van der Waals surface area (Å²) in [4.78, 5) is 11.9. The van der Waals surface area contributed by atoms with Crippen molar-refractivity contribution in [3.8, 4) is 0 Å². The Hall–Kier alpha value is -1.21. The quantitative estimate of drug-likeness (QED) is 0.792. The Kier molecular flexibility index (Phi) is 6.54. The lowest BCUT2D eigenvalue weighted by Gasteiger charge is -2.15. The second kappa shape index (κ2) is 7.70. The molecule has 0 saturated carbocycles. The van der Waals surface area contributed by atoms with Gasteiger partial charge in [0, 0.05) is 11.4 Å². The van der Waals surface area contributed by atoms with Gasteiger partial charge in [0.05, 0.1) is 17.4 Å². The third kappa shape index (κ3) is 6.39. The Morgan fingerprint density at radius 2 is 2.05 bits per heavy atom. The fraction of sp³-hybridized carbons (Fsp3) is 0.500. The van der Waals surface area contributed by atoms with Crippen molar-refractivity contribution in [1.29, 1.82) is 0 Å². The second-order valence-electron chi connectivity index (χ2n) is 4.93. The largest absolute Gasteiger partial charge is 0.416 e. The van der Waals surface area contributed by atoms with Gasteiger partial charge in [-0.3, -0.25) is 4.79 Å². The SMILES string of the molecule is CC(C)C(O)CNC(=O)CSc1cccc(C(F)(F)F)c1. The van der Waals surface area contributed by atoms with E-state index in [0.717, 1.165) is 23.9 Å². The summed E-state index contributed by atoms with van der Waals surface area (Å²) in [6, 6.07) is 4.84. The summed E-state index contributed by atoms with van der Waals surface area (Å²) < 4.78 is 37.6. The van der Waals surface area contributed by atoms with E-state index in [1.54, 1.807) is 0 Å². The number of hydrogen-bond donors (Lipinski definition) is 2. The van der Waals surface area contributed by atoms with E-state index in [2.05, 4.69) is 5.32 Å². The molecule has 0 aliphatic heterocycles. The van der Waals surface area contributed by atoms with Crippen LogP contribution in [0.1, 0.15) is 19.4 Å². The van der Waals surface area contributed by atoms with Crippen LogP contribution in [0.3, 0.4) is 0 Å². The number of alkyl halides is 3. The average molecular weight is 321 g/mol. The van der Waals surface area contributed by atoms with Crippen LogP contribution < -0.4 is 5.32 Å². The zero-order valence-corrected chi connectivity index (χ0v) is 12.6. The Balaban J connectivity index is 2.47. The number of benzene rings is 1. The van der Waals surface area contributed by atoms with Gasteiger partial charge < -0.3 is 10.4 Å². The third-order valence-electron chi connectivity index (χ3n) is 2.81. The number of amides is 1. The lowest BCUT2D eigenvalue weighted by molar-refractivity contribution is -0.137. The predicted octanol–water partition coefficient (Wildman–Crippen LogP) is 2.93. The summed E-state index contributed by atoms with van der Waals surface area (Å²) in [5.41, 5.74) is -0.733. The van der Waals surface area contributed by atoms with E-state index in [4.69, 9.17) is 0 Å². The fourth-order valence-electron chi connectivity index (χ4n) is 1.42. The molecule has 3 nitrogen and oxygen atoms in total. The minimum atomic E-state index is -4.39. The molecule has 118 valence electrons. The summed E-state index contributed by atoms with van der Waals surface area (Å²) in [5.74, 6) is -0.287. The highest BCUT2D eigenvalue weighted by molar-refractivity contribution is 8.00. The number of aliphatic hydroxyl groups is 1. The van der Waals surface area contributed by atoms with Gasteiger partial charge >= 0.3 is 6.18 Å².